The molecule has 1 fully saturated rings. The van der Waals surface area contributed by atoms with Crippen molar-refractivity contribution in [2.75, 3.05) is 19.6 Å². The van der Waals surface area contributed by atoms with E-state index in [1.54, 1.807) is 12.1 Å². The fraction of sp³-hybridized carbons (Fsp3) is 0.462. The van der Waals surface area contributed by atoms with Crippen LogP contribution in [0.15, 0.2) is 24.3 Å². The number of nitrogens with two attached hydrogens (primary N) is 1. The summed E-state index contributed by atoms with van der Waals surface area (Å²) >= 11 is 0. The molecule has 106 valence electrons. The molecule has 1 aromatic rings. The van der Waals surface area contributed by atoms with Crippen LogP contribution in [-0.4, -0.2) is 36.5 Å². The molecule has 1 aliphatic heterocycles. The Morgan fingerprint density at radius 1 is 1.42 bits per heavy atom. The Bertz CT molecular complexity index is 413. The number of nitrogens with one attached hydrogen (secondary N) is 1. The van der Waals surface area contributed by atoms with Crippen LogP contribution in [-0.2, 0) is 11.3 Å². The molecule has 1 amide bonds. The average molecular weight is 288 g/mol. The molecule has 0 saturated carbocycles. The van der Waals surface area contributed by atoms with Crippen LogP contribution in [0.25, 0.3) is 0 Å². The van der Waals surface area contributed by atoms with E-state index >= 15 is 0 Å². The lowest BCUT2D eigenvalue weighted by molar-refractivity contribution is -0.122. The number of amides is 1. The van der Waals surface area contributed by atoms with Gasteiger partial charge in [0.1, 0.15) is 5.82 Å². The standard InChI is InChI=1S/C13H18FN3O.ClH/c14-11-3-1-10(2-4-11)7-16-13(18)9-17-6-5-12(15)8-17;/h1-4,12H,5-9,15H2,(H,16,18);1H/t12-;/m1./s1. The smallest absolute Gasteiger partial charge is 0.234 e. The molecule has 4 nitrogen and oxygen atoms in total. The van der Waals surface area contributed by atoms with Gasteiger partial charge in [-0.3, -0.25) is 9.69 Å². The minimum absolute atomic E-state index is 0. The van der Waals surface area contributed by atoms with E-state index in [4.69, 9.17) is 5.73 Å². The van der Waals surface area contributed by atoms with Gasteiger partial charge in [-0.1, -0.05) is 12.1 Å². The third-order valence-corrected chi connectivity index (χ3v) is 3.08. The van der Waals surface area contributed by atoms with Crippen LogP contribution in [0, 0.1) is 5.82 Å². The monoisotopic (exact) mass is 287 g/mol. The molecule has 1 aromatic carbocycles. The number of carbonyl (C=O) groups excluding carboxylic acids is 1. The molecule has 0 bridgehead atoms. The molecule has 6 heteroatoms. The Labute approximate surface area is 118 Å². The normalized spacial score (nSPS) is 18.9. The third-order valence-electron chi connectivity index (χ3n) is 3.08. The summed E-state index contributed by atoms with van der Waals surface area (Å²) in [7, 11) is 0. The van der Waals surface area contributed by atoms with E-state index in [9.17, 15) is 9.18 Å². The molecule has 19 heavy (non-hydrogen) atoms. The molecule has 0 aliphatic carbocycles. The van der Waals surface area contributed by atoms with Gasteiger partial charge in [0.05, 0.1) is 6.54 Å². The highest BCUT2D eigenvalue weighted by molar-refractivity contribution is 5.85. The van der Waals surface area contributed by atoms with Crippen LogP contribution in [0.4, 0.5) is 4.39 Å². The van der Waals surface area contributed by atoms with Gasteiger partial charge in [0.15, 0.2) is 0 Å². The maximum Gasteiger partial charge on any atom is 0.234 e. The van der Waals surface area contributed by atoms with Crippen LogP contribution in [0.1, 0.15) is 12.0 Å². The Hall–Kier alpha value is -1.17. The van der Waals surface area contributed by atoms with E-state index in [0.717, 1.165) is 25.1 Å². The third kappa shape index (κ3) is 5.14. The van der Waals surface area contributed by atoms with Gasteiger partial charge < -0.3 is 11.1 Å². The van der Waals surface area contributed by atoms with Gasteiger partial charge in [-0.15, -0.1) is 12.4 Å². The van der Waals surface area contributed by atoms with Gasteiger partial charge in [-0.05, 0) is 24.1 Å². The van der Waals surface area contributed by atoms with Crippen LogP contribution in [0.5, 0.6) is 0 Å². The SMILES string of the molecule is Cl.N[C@@H]1CCN(CC(=O)NCc2ccc(F)cc2)C1. The number of halogens is 2. The summed E-state index contributed by atoms with van der Waals surface area (Å²) < 4.78 is 12.7. The van der Waals surface area contributed by atoms with Crippen LogP contribution in [0.2, 0.25) is 0 Å². The number of hydrogen-bond donors (Lipinski definition) is 2. The number of benzene rings is 1. The topological polar surface area (TPSA) is 58.4 Å². The highest BCUT2D eigenvalue weighted by Gasteiger charge is 2.20. The van der Waals surface area contributed by atoms with Gasteiger partial charge in [-0.2, -0.15) is 0 Å². The van der Waals surface area contributed by atoms with Crippen LogP contribution < -0.4 is 11.1 Å². The van der Waals surface area contributed by atoms with Crippen molar-refractivity contribution in [1.82, 2.24) is 10.2 Å². The van der Waals surface area contributed by atoms with E-state index in [2.05, 4.69) is 5.32 Å². The van der Waals surface area contributed by atoms with Gasteiger partial charge in [0.2, 0.25) is 5.91 Å². The summed E-state index contributed by atoms with van der Waals surface area (Å²) in [4.78, 5) is 13.7. The van der Waals surface area contributed by atoms with Crippen LogP contribution in [0.3, 0.4) is 0 Å². The molecule has 1 saturated heterocycles. The van der Waals surface area contributed by atoms with Gasteiger partial charge in [0, 0.05) is 25.7 Å². The predicted molar refractivity (Wildman–Crippen MR) is 74.5 cm³/mol. The summed E-state index contributed by atoms with van der Waals surface area (Å²) in [6, 6.07) is 6.31. The number of nitrogens with zero attached hydrogens (tertiary/aromatic N) is 1. The van der Waals surface area contributed by atoms with E-state index in [0.29, 0.717) is 13.1 Å². The summed E-state index contributed by atoms with van der Waals surface area (Å²) in [6.45, 7) is 2.48. The molecule has 0 unspecified atom stereocenters. The van der Waals surface area contributed by atoms with Crippen LogP contribution >= 0.6 is 12.4 Å². The summed E-state index contributed by atoms with van der Waals surface area (Å²) in [5.74, 6) is -0.287. The summed E-state index contributed by atoms with van der Waals surface area (Å²) in [6.07, 6.45) is 0.950. The van der Waals surface area contributed by atoms with Gasteiger partial charge >= 0.3 is 0 Å². The largest absolute Gasteiger partial charge is 0.351 e. The number of likely N-dealkylation sites (tertiary alicyclic amines) is 1. The zero-order valence-corrected chi connectivity index (χ0v) is 11.5. The van der Waals surface area contributed by atoms with Crippen molar-refractivity contribution in [3.05, 3.63) is 35.6 Å². The molecule has 2 rings (SSSR count). The number of hydrogen-bond acceptors (Lipinski definition) is 3. The number of rotatable bonds is 4. The Balaban J connectivity index is 0.00000180. The zero-order chi connectivity index (χ0) is 13.0. The average Bonchev–Trinajstić information content (AvgIpc) is 2.74. The second-order valence-corrected chi connectivity index (χ2v) is 4.69. The van der Waals surface area contributed by atoms with Crippen molar-refractivity contribution in [3.8, 4) is 0 Å². The molecule has 3 N–H and O–H groups in total. The summed E-state index contributed by atoms with van der Waals surface area (Å²) in [5.41, 5.74) is 6.66. The van der Waals surface area contributed by atoms with Crippen molar-refractivity contribution in [2.24, 2.45) is 5.73 Å². The molecule has 1 aliphatic rings. The lowest BCUT2D eigenvalue weighted by Crippen LogP contribution is -2.37. The minimum Gasteiger partial charge on any atom is -0.351 e. The second kappa shape index (κ2) is 7.43. The maximum absolute atomic E-state index is 12.7. The lowest BCUT2D eigenvalue weighted by Gasteiger charge is -2.14. The first-order valence-corrected chi connectivity index (χ1v) is 6.12. The molecule has 0 radical (unpaired) electrons. The van der Waals surface area contributed by atoms with Crippen molar-refractivity contribution in [3.63, 3.8) is 0 Å². The Morgan fingerprint density at radius 3 is 2.68 bits per heavy atom. The quantitative estimate of drug-likeness (QED) is 0.865. The van der Waals surface area contributed by atoms with Crippen molar-refractivity contribution in [2.45, 2.75) is 19.0 Å². The van der Waals surface area contributed by atoms with Crippen molar-refractivity contribution in [1.29, 1.82) is 0 Å². The Morgan fingerprint density at radius 2 is 2.11 bits per heavy atom. The highest BCUT2D eigenvalue weighted by atomic mass is 35.5. The fourth-order valence-electron chi connectivity index (χ4n) is 2.07. The second-order valence-electron chi connectivity index (χ2n) is 4.69. The molecular weight excluding hydrogens is 269 g/mol. The Kier molecular flexibility index (Phi) is 6.21. The molecule has 0 aromatic heterocycles. The minimum atomic E-state index is -0.267. The molecule has 1 heterocycles. The first-order valence-electron chi connectivity index (χ1n) is 6.12. The fourth-order valence-corrected chi connectivity index (χ4v) is 2.07. The van der Waals surface area contributed by atoms with Crippen molar-refractivity contribution >= 4 is 18.3 Å². The predicted octanol–water partition coefficient (Wildman–Crippen LogP) is 0.897. The lowest BCUT2D eigenvalue weighted by atomic mass is 10.2. The highest BCUT2D eigenvalue weighted by Crippen LogP contribution is 2.06. The molecule has 0 spiro atoms. The zero-order valence-electron chi connectivity index (χ0n) is 10.6. The first-order chi connectivity index (χ1) is 8.63. The van der Waals surface area contributed by atoms with E-state index in [-0.39, 0.29) is 30.2 Å². The van der Waals surface area contributed by atoms with E-state index in [1.165, 1.54) is 12.1 Å². The van der Waals surface area contributed by atoms with E-state index in [1.807, 2.05) is 4.90 Å². The maximum atomic E-state index is 12.7. The molecule has 1 atom stereocenters. The first kappa shape index (κ1) is 15.9. The number of carbonyl (C=O) groups is 1. The van der Waals surface area contributed by atoms with E-state index < -0.39 is 0 Å². The van der Waals surface area contributed by atoms with Gasteiger partial charge in [0.25, 0.3) is 0 Å². The van der Waals surface area contributed by atoms with Crippen molar-refractivity contribution < 1.29 is 9.18 Å². The molecular formula is C13H19ClFN3O. The summed E-state index contributed by atoms with van der Waals surface area (Å²) in [5, 5.41) is 2.82. The van der Waals surface area contributed by atoms with Gasteiger partial charge in [-0.25, -0.2) is 4.39 Å².